The van der Waals surface area contributed by atoms with Gasteiger partial charge in [-0.15, -0.1) is 0 Å². The van der Waals surface area contributed by atoms with E-state index in [0.29, 0.717) is 18.7 Å². The minimum atomic E-state index is -0.760. The molecule has 0 saturated carbocycles. The first kappa shape index (κ1) is 20.0. The zero-order valence-corrected chi connectivity index (χ0v) is 16.0. The minimum Gasteiger partial charge on any atom is -0.451 e. The van der Waals surface area contributed by atoms with Gasteiger partial charge in [0, 0.05) is 18.3 Å². The van der Waals surface area contributed by atoms with Gasteiger partial charge in [-0.25, -0.2) is 9.48 Å². The van der Waals surface area contributed by atoms with Crippen molar-refractivity contribution in [1.82, 2.24) is 9.78 Å². The summed E-state index contributed by atoms with van der Waals surface area (Å²) >= 11 is 0. The zero-order chi connectivity index (χ0) is 20.6. The summed E-state index contributed by atoms with van der Waals surface area (Å²) in [6.07, 6.45) is 0.705. The van der Waals surface area contributed by atoms with Gasteiger partial charge in [0.15, 0.2) is 12.3 Å². The molecule has 7 heteroatoms. The quantitative estimate of drug-likeness (QED) is 0.625. The van der Waals surface area contributed by atoms with E-state index in [9.17, 15) is 14.4 Å². The first-order valence-electron chi connectivity index (χ1n) is 9.27. The number of aromatic nitrogens is 2. The second kappa shape index (κ2) is 9.45. The van der Waals surface area contributed by atoms with Gasteiger partial charge in [0.05, 0.1) is 0 Å². The van der Waals surface area contributed by atoms with Gasteiger partial charge in [0.25, 0.3) is 11.5 Å². The molecule has 0 bridgehead atoms. The van der Waals surface area contributed by atoms with E-state index < -0.39 is 18.5 Å². The summed E-state index contributed by atoms with van der Waals surface area (Å²) in [7, 11) is 0. The molecule has 3 rings (SSSR count). The van der Waals surface area contributed by atoms with Crippen molar-refractivity contribution in [3.63, 3.8) is 0 Å². The molecule has 1 amide bonds. The molecule has 29 heavy (non-hydrogen) atoms. The molecule has 0 atom stereocenters. The van der Waals surface area contributed by atoms with Crippen LogP contribution in [0.25, 0.3) is 11.1 Å². The van der Waals surface area contributed by atoms with Crippen molar-refractivity contribution in [3.05, 3.63) is 82.8 Å². The summed E-state index contributed by atoms with van der Waals surface area (Å²) in [4.78, 5) is 35.8. The van der Waals surface area contributed by atoms with Crippen LogP contribution in [0.2, 0.25) is 0 Å². The number of aryl methyl sites for hydroxylation is 1. The molecule has 0 saturated heterocycles. The number of nitrogens with zero attached hydrogens (tertiary/aromatic N) is 2. The SMILES string of the molecule is CCCn1nc(C(=O)OCC(=O)Nc2ccc(-c3ccccc3)cc2)ccc1=O. The Kier molecular flexibility index (Phi) is 6.52. The fraction of sp³-hybridized carbons (Fsp3) is 0.182. The van der Waals surface area contributed by atoms with Crippen LogP contribution in [-0.2, 0) is 16.1 Å². The Labute approximate surface area is 168 Å². The number of hydrogen-bond acceptors (Lipinski definition) is 5. The monoisotopic (exact) mass is 391 g/mol. The van der Waals surface area contributed by atoms with E-state index in [0.717, 1.165) is 11.1 Å². The molecule has 0 spiro atoms. The Bertz CT molecular complexity index is 1040. The molecule has 1 heterocycles. The highest BCUT2D eigenvalue weighted by Crippen LogP contribution is 2.20. The number of esters is 1. The molecule has 1 N–H and O–H groups in total. The Balaban J connectivity index is 1.55. The molecular formula is C22H21N3O4. The molecule has 148 valence electrons. The third-order valence-corrected chi connectivity index (χ3v) is 4.12. The number of carbonyl (C=O) groups is 2. The summed E-state index contributed by atoms with van der Waals surface area (Å²) < 4.78 is 6.20. The van der Waals surface area contributed by atoms with Gasteiger partial charge in [-0.2, -0.15) is 5.10 Å². The number of carbonyl (C=O) groups excluding carboxylic acids is 2. The molecular weight excluding hydrogens is 370 g/mol. The average Bonchev–Trinajstić information content (AvgIpc) is 2.75. The lowest BCUT2D eigenvalue weighted by Crippen LogP contribution is -2.26. The second-order valence-electron chi connectivity index (χ2n) is 6.35. The minimum absolute atomic E-state index is 0.0157. The Morgan fingerprint density at radius 1 is 0.966 bits per heavy atom. The third kappa shape index (κ3) is 5.38. The van der Waals surface area contributed by atoms with E-state index in [1.807, 2.05) is 49.4 Å². The topological polar surface area (TPSA) is 90.3 Å². The van der Waals surface area contributed by atoms with Crippen molar-refractivity contribution >= 4 is 17.6 Å². The predicted octanol–water partition coefficient (Wildman–Crippen LogP) is 3.12. The number of amides is 1. The van der Waals surface area contributed by atoms with Crippen LogP contribution >= 0.6 is 0 Å². The van der Waals surface area contributed by atoms with Crippen LogP contribution in [0.1, 0.15) is 23.8 Å². The maximum atomic E-state index is 12.1. The van der Waals surface area contributed by atoms with E-state index >= 15 is 0 Å². The van der Waals surface area contributed by atoms with Crippen molar-refractivity contribution in [2.45, 2.75) is 19.9 Å². The molecule has 0 radical (unpaired) electrons. The van der Waals surface area contributed by atoms with Crippen LogP contribution in [-0.4, -0.2) is 28.3 Å². The van der Waals surface area contributed by atoms with E-state index in [1.54, 1.807) is 12.1 Å². The fourth-order valence-corrected chi connectivity index (χ4v) is 2.71. The lowest BCUT2D eigenvalue weighted by molar-refractivity contribution is -0.119. The maximum Gasteiger partial charge on any atom is 0.359 e. The normalized spacial score (nSPS) is 10.4. The molecule has 2 aromatic carbocycles. The van der Waals surface area contributed by atoms with Gasteiger partial charge in [-0.05, 0) is 35.7 Å². The smallest absolute Gasteiger partial charge is 0.359 e. The summed E-state index contributed by atoms with van der Waals surface area (Å²) in [6, 6.07) is 19.8. The van der Waals surface area contributed by atoms with E-state index in [4.69, 9.17) is 4.74 Å². The van der Waals surface area contributed by atoms with Crippen LogP contribution in [0.3, 0.4) is 0 Å². The fourth-order valence-electron chi connectivity index (χ4n) is 2.71. The third-order valence-electron chi connectivity index (χ3n) is 4.12. The van der Waals surface area contributed by atoms with Crippen LogP contribution in [0, 0.1) is 0 Å². The number of anilines is 1. The zero-order valence-electron chi connectivity index (χ0n) is 16.0. The second-order valence-corrected chi connectivity index (χ2v) is 6.35. The molecule has 7 nitrogen and oxygen atoms in total. The van der Waals surface area contributed by atoms with Crippen LogP contribution in [0.15, 0.2) is 71.5 Å². The van der Waals surface area contributed by atoms with Crippen molar-refractivity contribution in [2.75, 3.05) is 11.9 Å². The molecule has 0 aliphatic carbocycles. The summed E-state index contributed by atoms with van der Waals surface area (Å²) in [6.45, 7) is 1.85. The lowest BCUT2D eigenvalue weighted by atomic mass is 10.1. The highest BCUT2D eigenvalue weighted by atomic mass is 16.5. The van der Waals surface area contributed by atoms with Gasteiger partial charge in [-0.1, -0.05) is 49.4 Å². The first-order valence-corrected chi connectivity index (χ1v) is 9.27. The summed E-state index contributed by atoms with van der Waals surface area (Å²) in [5, 5.41) is 6.64. The molecule has 0 fully saturated rings. The molecule has 1 aromatic heterocycles. The molecule has 3 aromatic rings. The van der Waals surface area contributed by atoms with Crippen LogP contribution in [0.4, 0.5) is 5.69 Å². The molecule has 0 aliphatic rings. The van der Waals surface area contributed by atoms with Crippen molar-refractivity contribution in [3.8, 4) is 11.1 Å². The van der Waals surface area contributed by atoms with Gasteiger partial charge in [-0.3, -0.25) is 9.59 Å². The van der Waals surface area contributed by atoms with E-state index in [-0.39, 0.29) is 11.3 Å². The molecule has 0 unspecified atom stereocenters. The Morgan fingerprint density at radius 2 is 1.66 bits per heavy atom. The Morgan fingerprint density at radius 3 is 2.34 bits per heavy atom. The van der Waals surface area contributed by atoms with Gasteiger partial charge < -0.3 is 10.1 Å². The number of ether oxygens (including phenoxy) is 1. The van der Waals surface area contributed by atoms with E-state index in [2.05, 4.69) is 10.4 Å². The number of nitrogens with one attached hydrogen (secondary N) is 1. The maximum absolute atomic E-state index is 12.1. The number of benzene rings is 2. The van der Waals surface area contributed by atoms with Crippen molar-refractivity contribution < 1.29 is 14.3 Å². The highest BCUT2D eigenvalue weighted by molar-refractivity contribution is 5.94. The average molecular weight is 391 g/mol. The first-order chi connectivity index (χ1) is 14.1. The summed E-state index contributed by atoms with van der Waals surface area (Å²) in [5.41, 5.74) is 2.40. The number of hydrogen-bond donors (Lipinski definition) is 1. The highest BCUT2D eigenvalue weighted by Gasteiger charge is 2.13. The Hall–Kier alpha value is -3.74. The van der Waals surface area contributed by atoms with Crippen molar-refractivity contribution in [2.24, 2.45) is 0 Å². The van der Waals surface area contributed by atoms with Crippen LogP contribution < -0.4 is 10.9 Å². The summed E-state index contributed by atoms with van der Waals surface area (Å²) in [5.74, 6) is -1.22. The van der Waals surface area contributed by atoms with Gasteiger partial charge in [0.2, 0.25) is 0 Å². The lowest BCUT2D eigenvalue weighted by Gasteiger charge is -2.08. The standard InChI is InChI=1S/C22H21N3O4/c1-2-14-25-21(27)13-12-19(24-25)22(28)29-15-20(26)23-18-10-8-17(9-11-18)16-6-4-3-5-7-16/h3-13H,2,14-15H2,1H3,(H,23,26). The van der Waals surface area contributed by atoms with Gasteiger partial charge >= 0.3 is 5.97 Å². The predicted molar refractivity (Wildman–Crippen MR) is 110 cm³/mol. The number of rotatable bonds is 7. The van der Waals surface area contributed by atoms with Crippen LogP contribution in [0.5, 0.6) is 0 Å². The van der Waals surface area contributed by atoms with Crippen molar-refractivity contribution in [1.29, 1.82) is 0 Å². The molecule has 0 aliphatic heterocycles. The largest absolute Gasteiger partial charge is 0.451 e. The van der Waals surface area contributed by atoms with Gasteiger partial charge in [0.1, 0.15) is 0 Å². The van der Waals surface area contributed by atoms with E-state index in [1.165, 1.54) is 16.8 Å².